The first-order valence-corrected chi connectivity index (χ1v) is 4.80. The van der Waals surface area contributed by atoms with Crippen LogP contribution in [0, 0.1) is 12.7 Å². The topological polar surface area (TPSA) is 65.2 Å². The number of aryl methyl sites for hydroxylation is 1. The van der Waals surface area contributed by atoms with Gasteiger partial charge in [0.1, 0.15) is 5.76 Å². The number of carbonyl (C=O) groups excluding carboxylic acids is 1. The van der Waals surface area contributed by atoms with Gasteiger partial charge in [-0.2, -0.15) is 0 Å². The Kier molecular flexibility index (Phi) is 2.86. The van der Waals surface area contributed by atoms with Crippen LogP contribution in [-0.4, -0.2) is 23.0 Å². The van der Waals surface area contributed by atoms with E-state index in [4.69, 9.17) is 4.42 Å². The molecule has 2 heterocycles. The number of nitrogens with zero attached hydrogens (tertiary/aromatic N) is 2. The maximum absolute atomic E-state index is 13.4. The number of hydrogen-bond acceptors (Lipinski definition) is 5. The van der Waals surface area contributed by atoms with Crippen molar-refractivity contribution in [3.8, 4) is 11.6 Å². The molecule has 0 N–H and O–H groups in total. The van der Waals surface area contributed by atoms with Crippen molar-refractivity contribution < 1.29 is 18.3 Å². The van der Waals surface area contributed by atoms with Crippen LogP contribution in [0.5, 0.6) is 0 Å². The molecular weight excluding hydrogens is 227 g/mol. The van der Waals surface area contributed by atoms with Crippen LogP contribution < -0.4 is 0 Å². The Bertz CT molecular complexity index is 566. The fraction of sp³-hybridized carbons (Fsp3) is 0.182. The molecule has 0 unspecified atom stereocenters. The molecule has 0 atom stereocenters. The number of carbonyl (C=O) groups is 1. The van der Waals surface area contributed by atoms with Crippen molar-refractivity contribution in [2.24, 2.45) is 0 Å². The minimum atomic E-state index is -0.631. The van der Waals surface area contributed by atoms with Gasteiger partial charge < -0.3 is 9.15 Å². The maximum atomic E-state index is 13.4. The molecule has 0 saturated carbocycles. The minimum absolute atomic E-state index is 0.0209. The van der Waals surface area contributed by atoms with Gasteiger partial charge in [0, 0.05) is 6.20 Å². The van der Waals surface area contributed by atoms with Gasteiger partial charge >= 0.3 is 5.97 Å². The molecule has 2 aromatic rings. The van der Waals surface area contributed by atoms with Crippen LogP contribution >= 0.6 is 0 Å². The molecule has 0 saturated heterocycles. The van der Waals surface area contributed by atoms with E-state index in [-0.39, 0.29) is 23.0 Å². The van der Waals surface area contributed by atoms with Crippen molar-refractivity contribution in [1.29, 1.82) is 0 Å². The van der Waals surface area contributed by atoms with Crippen LogP contribution in [0.3, 0.4) is 0 Å². The Morgan fingerprint density at radius 3 is 2.94 bits per heavy atom. The molecule has 2 aromatic heterocycles. The van der Waals surface area contributed by atoms with Gasteiger partial charge in [-0.3, -0.25) is 0 Å². The molecule has 2 rings (SSSR count). The summed E-state index contributed by atoms with van der Waals surface area (Å²) in [6.07, 6.45) is 1.41. The normalized spacial score (nSPS) is 10.3. The molecule has 0 radical (unpaired) electrons. The molecule has 0 spiro atoms. The lowest BCUT2D eigenvalue weighted by molar-refractivity contribution is 0.0593. The molecule has 0 amide bonds. The van der Waals surface area contributed by atoms with E-state index in [2.05, 4.69) is 14.7 Å². The van der Waals surface area contributed by atoms with Gasteiger partial charge in [0.25, 0.3) is 0 Å². The number of pyridine rings is 1. The highest BCUT2D eigenvalue weighted by atomic mass is 19.1. The van der Waals surface area contributed by atoms with Gasteiger partial charge in [0.2, 0.25) is 5.89 Å². The summed E-state index contributed by atoms with van der Waals surface area (Å²) < 4.78 is 23.1. The van der Waals surface area contributed by atoms with Gasteiger partial charge in [0.05, 0.1) is 7.11 Å². The van der Waals surface area contributed by atoms with E-state index in [0.717, 1.165) is 0 Å². The van der Waals surface area contributed by atoms with Crippen LogP contribution in [0.4, 0.5) is 4.39 Å². The predicted octanol–water partition coefficient (Wildman–Crippen LogP) is 1.97. The van der Waals surface area contributed by atoms with Crippen LogP contribution in [0.2, 0.25) is 0 Å². The van der Waals surface area contributed by atoms with Crippen LogP contribution in [0.15, 0.2) is 22.7 Å². The first kappa shape index (κ1) is 11.3. The number of esters is 1. The third kappa shape index (κ3) is 2.01. The van der Waals surface area contributed by atoms with Gasteiger partial charge in [0.15, 0.2) is 17.2 Å². The monoisotopic (exact) mass is 236 g/mol. The fourth-order valence-electron chi connectivity index (χ4n) is 1.33. The molecule has 17 heavy (non-hydrogen) atoms. The molecule has 0 aliphatic heterocycles. The number of halogens is 1. The fourth-order valence-corrected chi connectivity index (χ4v) is 1.33. The van der Waals surface area contributed by atoms with E-state index >= 15 is 0 Å². The zero-order chi connectivity index (χ0) is 12.4. The summed E-state index contributed by atoms with van der Waals surface area (Å²) in [5.74, 6) is -0.975. The lowest BCUT2D eigenvalue weighted by atomic mass is 10.3. The summed E-state index contributed by atoms with van der Waals surface area (Å²) >= 11 is 0. The Balaban J connectivity index is 2.49. The molecule has 88 valence electrons. The smallest absolute Gasteiger partial charge is 0.360 e. The van der Waals surface area contributed by atoms with E-state index < -0.39 is 11.8 Å². The van der Waals surface area contributed by atoms with E-state index in [9.17, 15) is 9.18 Å². The number of rotatable bonds is 2. The second-order valence-electron chi connectivity index (χ2n) is 3.25. The highest BCUT2D eigenvalue weighted by Crippen LogP contribution is 2.22. The Morgan fingerprint density at radius 2 is 2.29 bits per heavy atom. The largest absolute Gasteiger partial charge is 0.464 e. The van der Waals surface area contributed by atoms with Crippen molar-refractivity contribution in [3.05, 3.63) is 35.6 Å². The minimum Gasteiger partial charge on any atom is -0.464 e. The van der Waals surface area contributed by atoms with Gasteiger partial charge in [-0.05, 0) is 19.1 Å². The molecular formula is C11H9FN2O3. The van der Waals surface area contributed by atoms with Crippen LogP contribution in [0.25, 0.3) is 11.6 Å². The summed E-state index contributed by atoms with van der Waals surface area (Å²) in [5, 5.41) is 0. The number of aromatic nitrogens is 2. The first-order chi connectivity index (χ1) is 8.13. The lowest BCUT2D eigenvalue weighted by Crippen LogP contribution is -2.03. The Labute approximate surface area is 96.3 Å². The van der Waals surface area contributed by atoms with Gasteiger partial charge in [-0.15, -0.1) is 0 Å². The molecule has 5 nitrogen and oxygen atoms in total. The zero-order valence-corrected chi connectivity index (χ0v) is 9.23. The van der Waals surface area contributed by atoms with E-state index in [0.29, 0.717) is 0 Å². The van der Waals surface area contributed by atoms with Crippen molar-refractivity contribution >= 4 is 5.97 Å². The third-order valence-corrected chi connectivity index (χ3v) is 2.14. The Hall–Kier alpha value is -2.24. The SMILES string of the molecule is COC(=O)c1nc(-c2ncccc2F)oc1C. The second-order valence-corrected chi connectivity index (χ2v) is 3.25. The first-order valence-electron chi connectivity index (χ1n) is 4.80. The highest BCUT2D eigenvalue weighted by molar-refractivity contribution is 5.88. The maximum Gasteiger partial charge on any atom is 0.360 e. The quantitative estimate of drug-likeness (QED) is 0.746. The molecule has 0 bridgehead atoms. The summed E-state index contributed by atoms with van der Waals surface area (Å²) in [6.45, 7) is 1.55. The second kappa shape index (κ2) is 4.32. The highest BCUT2D eigenvalue weighted by Gasteiger charge is 2.20. The van der Waals surface area contributed by atoms with Gasteiger partial charge in [-0.25, -0.2) is 19.2 Å². The standard InChI is InChI=1S/C11H9FN2O3/c1-6-8(11(15)16-2)14-10(17-6)9-7(12)4-3-5-13-9/h3-5H,1-2H3. The molecule has 0 aliphatic rings. The summed E-state index contributed by atoms with van der Waals surface area (Å²) in [4.78, 5) is 19.0. The Morgan fingerprint density at radius 1 is 1.53 bits per heavy atom. The van der Waals surface area contributed by atoms with E-state index in [1.54, 1.807) is 6.92 Å². The number of oxazole rings is 1. The van der Waals surface area contributed by atoms with Crippen molar-refractivity contribution in [1.82, 2.24) is 9.97 Å². The average Bonchev–Trinajstić information content (AvgIpc) is 2.71. The zero-order valence-electron chi connectivity index (χ0n) is 9.23. The van der Waals surface area contributed by atoms with Crippen LogP contribution in [0.1, 0.15) is 16.2 Å². The molecule has 0 aliphatic carbocycles. The molecule has 6 heteroatoms. The van der Waals surface area contributed by atoms with Crippen molar-refractivity contribution in [2.75, 3.05) is 7.11 Å². The lowest BCUT2D eigenvalue weighted by Gasteiger charge is -1.94. The van der Waals surface area contributed by atoms with Gasteiger partial charge in [-0.1, -0.05) is 0 Å². The summed E-state index contributed by atoms with van der Waals surface area (Å²) in [7, 11) is 1.23. The van der Waals surface area contributed by atoms with Crippen LogP contribution in [-0.2, 0) is 4.74 Å². The summed E-state index contributed by atoms with van der Waals surface area (Å²) in [6, 6.07) is 2.69. The predicted molar refractivity (Wildman–Crippen MR) is 55.8 cm³/mol. The molecule has 0 fully saturated rings. The van der Waals surface area contributed by atoms with E-state index in [1.807, 2.05) is 0 Å². The number of ether oxygens (including phenoxy) is 1. The average molecular weight is 236 g/mol. The number of hydrogen-bond donors (Lipinski definition) is 0. The summed E-state index contributed by atoms with van der Waals surface area (Å²) in [5.41, 5.74) is -0.0155. The van der Waals surface area contributed by atoms with E-state index in [1.165, 1.54) is 25.4 Å². The third-order valence-electron chi connectivity index (χ3n) is 2.14. The number of methoxy groups -OCH3 is 1. The molecule has 0 aromatic carbocycles. The van der Waals surface area contributed by atoms with Crippen molar-refractivity contribution in [3.63, 3.8) is 0 Å². The van der Waals surface area contributed by atoms with Crippen molar-refractivity contribution in [2.45, 2.75) is 6.92 Å².